The Morgan fingerprint density at radius 3 is 1.17 bits per heavy atom. The fraction of sp³-hybridized carbons (Fsp3) is 0.0233. The van der Waals surface area contributed by atoms with Gasteiger partial charge < -0.3 is 14.4 Å². The van der Waals surface area contributed by atoms with Crippen LogP contribution < -0.4 is 14.4 Å². The van der Waals surface area contributed by atoms with Crippen LogP contribution in [-0.2, 0) is 6.54 Å². The van der Waals surface area contributed by atoms with Gasteiger partial charge >= 0.3 is 0 Å². The molecule has 0 radical (unpaired) electrons. The summed E-state index contributed by atoms with van der Waals surface area (Å²) in [6.07, 6.45) is 0. The van der Waals surface area contributed by atoms with Crippen molar-refractivity contribution >= 4 is 11.4 Å². The van der Waals surface area contributed by atoms with Gasteiger partial charge in [0.05, 0.1) is 11.4 Å². The van der Waals surface area contributed by atoms with Gasteiger partial charge in [0, 0.05) is 39.9 Å². The average Bonchev–Trinajstić information content (AvgIpc) is 3.36. The Morgan fingerprint density at radius 2 is 0.696 bits per heavy atom. The van der Waals surface area contributed by atoms with Crippen LogP contribution in [0, 0.1) is 0 Å². The van der Waals surface area contributed by atoms with Gasteiger partial charge in [-0.15, -0.1) is 0 Å². The van der Waals surface area contributed by atoms with E-state index in [4.69, 9.17) is 9.47 Å². The largest absolute Gasteiger partial charge is 0.456 e. The number of fused-ring (bicyclic) bond motifs is 10. The first kappa shape index (κ1) is 26.4. The molecule has 0 aromatic heterocycles. The van der Waals surface area contributed by atoms with E-state index < -0.39 is 0 Å². The van der Waals surface area contributed by atoms with Crippen molar-refractivity contribution in [2.24, 2.45) is 0 Å². The number of hydrogen-bond acceptors (Lipinski definition) is 3. The van der Waals surface area contributed by atoms with Crippen LogP contribution in [-0.4, -0.2) is 0 Å². The van der Waals surface area contributed by atoms with E-state index in [9.17, 15) is 0 Å². The summed E-state index contributed by atoms with van der Waals surface area (Å²) in [6.45, 7) is 0.670. The lowest BCUT2D eigenvalue weighted by molar-refractivity contribution is 0.487. The molecule has 7 aromatic rings. The predicted molar refractivity (Wildman–Crippen MR) is 187 cm³/mol. The molecule has 0 saturated heterocycles. The van der Waals surface area contributed by atoms with Gasteiger partial charge in [-0.25, -0.2) is 0 Å². The topological polar surface area (TPSA) is 21.7 Å². The molecule has 0 spiro atoms. The monoisotopic (exact) mass is 591 g/mol. The van der Waals surface area contributed by atoms with Crippen molar-refractivity contribution in [3.63, 3.8) is 0 Å². The third-order valence-corrected chi connectivity index (χ3v) is 8.96. The summed E-state index contributed by atoms with van der Waals surface area (Å²) >= 11 is 0. The van der Waals surface area contributed by atoms with Crippen molar-refractivity contribution in [3.05, 3.63) is 169 Å². The van der Waals surface area contributed by atoms with Gasteiger partial charge in [0.2, 0.25) is 0 Å². The van der Waals surface area contributed by atoms with E-state index in [1.54, 1.807) is 0 Å². The molecule has 3 heteroatoms. The Balaban J connectivity index is 1.37. The van der Waals surface area contributed by atoms with E-state index in [1.165, 1.54) is 5.56 Å². The van der Waals surface area contributed by atoms with Crippen LogP contribution in [0.5, 0.6) is 23.0 Å². The minimum Gasteiger partial charge on any atom is -0.456 e. The zero-order valence-corrected chi connectivity index (χ0v) is 25.1. The molecule has 7 aromatic carbocycles. The second-order valence-electron chi connectivity index (χ2n) is 11.7. The third-order valence-electron chi connectivity index (χ3n) is 8.96. The number of rotatable bonds is 4. The fourth-order valence-corrected chi connectivity index (χ4v) is 6.93. The molecule has 0 amide bonds. The maximum absolute atomic E-state index is 6.60. The standard InChI is InChI=1S/C43H29NO2/c1-2-14-29(15-3-1)28-44(36-22-12-20-32-30-16-4-8-24-38(30)45-40-26-10-6-18-34(40)42(32)36)37-23-13-21-33-31-17-5-9-25-39(31)46-41-27-11-7-19-35(41)43(33)37/h1-27H,28H2. The molecule has 0 atom stereocenters. The predicted octanol–water partition coefficient (Wildman–Crippen LogP) is 11.9. The molecular weight excluding hydrogens is 562 g/mol. The van der Waals surface area contributed by atoms with E-state index in [2.05, 4.69) is 144 Å². The Morgan fingerprint density at radius 1 is 0.326 bits per heavy atom. The summed E-state index contributed by atoms with van der Waals surface area (Å²) in [6, 6.07) is 57.4. The molecule has 2 heterocycles. The van der Waals surface area contributed by atoms with Crippen molar-refractivity contribution in [1.82, 2.24) is 0 Å². The van der Waals surface area contributed by atoms with Crippen LogP contribution in [0.3, 0.4) is 0 Å². The first-order chi connectivity index (χ1) is 22.8. The molecule has 2 aliphatic rings. The summed E-state index contributed by atoms with van der Waals surface area (Å²) in [7, 11) is 0. The summed E-state index contributed by atoms with van der Waals surface area (Å²) in [4.78, 5) is 2.47. The van der Waals surface area contributed by atoms with Gasteiger partial charge in [0.15, 0.2) is 0 Å². The maximum atomic E-state index is 6.60. The highest BCUT2D eigenvalue weighted by atomic mass is 16.5. The van der Waals surface area contributed by atoms with Gasteiger partial charge in [0.1, 0.15) is 23.0 Å². The smallest absolute Gasteiger partial charge is 0.135 e. The highest BCUT2D eigenvalue weighted by Gasteiger charge is 2.29. The van der Waals surface area contributed by atoms with Gasteiger partial charge in [-0.1, -0.05) is 127 Å². The molecule has 0 N–H and O–H groups in total. The van der Waals surface area contributed by atoms with Crippen LogP contribution in [0.15, 0.2) is 164 Å². The molecule has 9 rings (SSSR count). The molecule has 2 aliphatic heterocycles. The van der Waals surface area contributed by atoms with Crippen molar-refractivity contribution in [2.45, 2.75) is 6.54 Å². The number of ether oxygens (including phenoxy) is 2. The number of para-hydroxylation sites is 4. The fourth-order valence-electron chi connectivity index (χ4n) is 6.93. The number of benzene rings is 7. The molecule has 218 valence electrons. The molecule has 0 bridgehead atoms. The van der Waals surface area contributed by atoms with Crippen LogP contribution in [0.1, 0.15) is 5.56 Å². The molecule has 0 fully saturated rings. The van der Waals surface area contributed by atoms with E-state index in [0.717, 1.165) is 78.9 Å². The lowest BCUT2D eigenvalue weighted by Gasteiger charge is -2.31. The van der Waals surface area contributed by atoms with Gasteiger partial charge in [-0.05, 0) is 53.1 Å². The zero-order chi connectivity index (χ0) is 30.5. The van der Waals surface area contributed by atoms with Crippen molar-refractivity contribution < 1.29 is 9.47 Å². The highest BCUT2D eigenvalue weighted by molar-refractivity contribution is 6.03. The number of anilines is 2. The SMILES string of the molecule is c1ccc(CN(c2cccc3c2-c2ccccc2Oc2ccccc2-3)c2cccc3c2-c2ccccc2Oc2ccccc2-3)cc1. The van der Waals surface area contributed by atoms with Crippen LogP contribution in [0.4, 0.5) is 11.4 Å². The lowest BCUT2D eigenvalue weighted by Crippen LogP contribution is -2.19. The molecular formula is C43H29NO2. The zero-order valence-electron chi connectivity index (χ0n) is 25.1. The second-order valence-corrected chi connectivity index (χ2v) is 11.7. The molecule has 0 saturated carbocycles. The minimum absolute atomic E-state index is 0.670. The summed E-state index contributed by atoms with van der Waals surface area (Å²) in [5.41, 5.74) is 12.3. The Kier molecular flexibility index (Phi) is 6.20. The molecule has 0 unspecified atom stereocenters. The Bertz CT molecular complexity index is 2110. The highest BCUT2D eigenvalue weighted by Crippen LogP contribution is 2.54. The van der Waals surface area contributed by atoms with Crippen molar-refractivity contribution in [2.75, 3.05) is 4.90 Å². The molecule has 46 heavy (non-hydrogen) atoms. The van der Waals surface area contributed by atoms with Crippen molar-refractivity contribution in [3.8, 4) is 67.5 Å². The summed E-state index contributed by atoms with van der Waals surface area (Å²) in [5, 5.41) is 0. The Hall–Kier alpha value is -6.06. The van der Waals surface area contributed by atoms with E-state index in [-0.39, 0.29) is 0 Å². The van der Waals surface area contributed by atoms with Gasteiger partial charge in [-0.3, -0.25) is 0 Å². The van der Waals surface area contributed by atoms with E-state index in [0.29, 0.717) is 6.54 Å². The normalized spacial score (nSPS) is 11.9. The van der Waals surface area contributed by atoms with Crippen molar-refractivity contribution in [1.29, 1.82) is 0 Å². The second kappa shape index (κ2) is 10.8. The number of hydrogen-bond donors (Lipinski definition) is 0. The third kappa shape index (κ3) is 4.28. The first-order valence-electron chi connectivity index (χ1n) is 15.6. The van der Waals surface area contributed by atoms with Crippen LogP contribution in [0.25, 0.3) is 44.5 Å². The average molecular weight is 592 g/mol. The Labute approximate surface area is 268 Å². The maximum Gasteiger partial charge on any atom is 0.135 e. The minimum atomic E-state index is 0.670. The lowest BCUT2D eigenvalue weighted by atomic mass is 9.90. The number of nitrogens with zero attached hydrogens (tertiary/aromatic N) is 1. The van der Waals surface area contributed by atoms with E-state index >= 15 is 0 Å². The van der Waals surface area contributed by atoms with Crippen LogP contribution in [0.2, 0.25) is 0 Å². The summed E-state index contributed by atoms with van der Waals surface area (Å²) in [5.74, 6) is 3.41. The van der Waals surface area contributed by atoms with Gasteiger partial charge in [0.25, 0.3) is 0 Å². The van der Waals surface area contributed by atoms with Crippen LogP contribution >= 0.6 is 0 Å². The molecule has 3 nitrogen and oxygen atoms in total. The summed E-state index contributed by atoms with van der Waals surface area (Å²) < 4.78 is 13.2. The quantitative estimate of drug-likeness (QED) is 0.203. The molecule has 0 aliphatic carbocycles. The van der Waals surface area contributed by atoms with Gasteiger partial charge in [-0.2, -0.15) is 0 Å². The first-order valence-corrected chi connectivity index (χ1v) is 15.6. The van der Waals surface area contributed by atoms with E-state index in [1.807, 2.05) is 24.3 Å².